The van der Waals surface area contributed by atoms with Crippen LogP contribution < -0.4 is 0 Å². The van der Waals surface area contributed by atoms with Gasteiger partial charge in [0.05, 0.1) is 0 Å². The third-order valence-electron chi connectivity index (χ3n) is 7.10. The van der Waals surface area contributed by atoms with Gasteiger partial charge in [-0.05, 0) is 74.6 Å². The maximum atomic E-state index is 6.19. The molecule has 0 aromatic carbocycles. The maximum absolute atomic E-state index is 6.19. The van der Waals surface area contributed by atoms with Crippen LogP contribution in [-0.4, -0.2) is 46.6 Å². The average Bonchev–Trinajstić information content (AvgIpc) is 2.97. The zero-order valence-electron chi connectivity index (χ0n) is 26.7. The van der Waals surface area contributed by atoms with Crippen molar-refractivity contribution in [2.75, 3.05) is 26.4 Å². The van der Waals surface area contributed by atoms with E-state index < -0.39 is 5.41 Å². The Hall–Kier alpha value is -0.440. The molecule has 0 saturated heterocycles. The molecule has 0 fully saturated rings. The molecule has 0 N–H and O–H groups in total. The fourth-order valence-corrected chi connectivity index (χ4v) is 5.07. The van der Waals surface area contributed by atoms with Crippen molar-refractivity contribution in [1.29, 1.82) is 0 Å². The van der Waals surface area contributed by atoms with Crippen molar-refractivity contribution in [2.45, 2.75) is 156 Å². The minimum Gasteiger partial charge on any atom is -0.486 e. The molecule has 0 radical (unpaired) electrons. The van der Waals surface area contributed by atoms with Crippen molar-refractivity contribution < 1.29 is 18.9 Å². The number of ether oxygens (including phenoxy) is 4. The molecule has 0 aliphatic heterocycles. The fourth-order valence-electron chi connectivity index (χ4n) is 4.26. The van der Waals surface area contributed by atoms with Crippen LogP contribution in [-0.2, 0) is 18.9 Å². The molecule has 4 nitrogen and oxygen atoms in total. The Bertz CT molecular complexity index is 581. The van der Waals surface area contributed by atoms with Crippen molar-refractivity contribution in [2.24, 2.45) is 5.41 Å². The Morgan fingerprint density at radius 1 is 0.366 bits per heavy atom. The molecule has 0 saturated carbocycles. The summed E-state index contributed by atoms with van der Waals surface area (Å²) in [6, 6.07) is 0. The number of hydrogen-bond donors (Lipinski definition) is 0. The topological polar surface area (TPSA) is 36.9 Å². The normalized spacial score (nSPS) is 11.2. The fraction of sp³-hybridized carbons (Fsp3) is 0.879. The van der Waals surface area contributed by atoms with Crippen molar-refractivity contribution in [3.63, 3.8) is 0 Å². The molecule has 8 heteroatoms. The van der Waals surface area contributed by atoms with E-state index in [0.717, 1.165) is 77.0 Å². The van der Waals surface area contributed by atoms with Crippen molar-refractivity contribution in [1.82, 2.24) is 0 Å². The van der Waals surface area contributed by atoms with E-state index in [4.69, 9.17) is 67.8 Å². The van der Waals surface area contributed by atoms with Gasteiger partial charge in [-0.25, -0.2) is 0 Å². The highest BCUT2D eigenvalue weighted by molar-refractivity contribution is 7.80. The van der Waals surface area contributed by atoms with Gasteiger partial charge in [0, 0.05) is 25.7 Å². The number of hydrogen-bond acceptors (Lipinski definition) is 8. The van der Waals surface area contributed by atoms with Gasteiger partial charge in [-0.2, -0.15) is 0 Å². The quantitative estimate of drug-likeness (QED) is 0.0613. The monoisotopic (exact) mass is 648 g/mol. The minimum absolute atomic E-state index is 0.314. The van der Waals surface area contributed by atoms with Gasteiger partial charge < -0.3 is 18.9 Å². The van der Waals surface area contributed by atoms with Crippen molar-refractivity contribution >= 4 is 69.1 Å². The molecule has 41 heavy (non-hydrogen) atoms. The first-order valence-corrected chi connectivity index (χ1v) is 18.1. The Morgan fingerprint density at radius 3 is 0.780 bits per heavy atom. The molecule has 0 aromatic heterocycles. The first kappa shape index (κ1) is 40.6. The molecule has 0 aliphatic carbocycles. The lowest BCUT2D eigenvalue weighted by atomic mass is 9.92. The summed E-state index contributed by atoms with van der Waals surface area (Å²) in [5, 5.41) is 2.49. The van der Waals surface area contributed by atoms with Crippen LogP contribution >= 0.6 is 48.9 Å². The SMILES string of the molecule is CCCCCCC(=S)OCC(COC(=S)CCCCCC)(COC(=S)CCCCCC)COC(=S)CCCCCC. The van der Waals surface area contributed by atoms with Gasteiger partial charge in [0.2, 0.25) is 0 Å². The third kappa shape index (κ3) is 24.7. The molecule has 0 aromatic rings. The highest BCUT2D eigenvalue weighted by Gasteiger charge is 2.36. The molecule has 0 aliphatic rings. The smallest absolute Gasteiger partial charge is 0.159 e. The van der Waals surface area contributed by atoms with Gasteiger partial charge in [-0.15, -0.1) is 0 Å². The van der Waals surface area contributed by atoms with Crippen LogP contribution in [0.15, 0.2) is 0 Å². The molecule has 0 spiro atoms. The van der Waals surface area contributed by atoms with Crippen LogP contribution in [0.4, 0.5) is 0 Å². The van der Waals surface area contributed by atoms with Crippen LogP contribution in [0.25, 0.3) is 0 Å². The second-order valence-electron chi connectivity index (χ2n) is 11.4. The molecule has 0 amide bonds. The summed E-state index contributed by atoms with van der Waals surface area (Å²) in [7, 11) is 0. The number of unbranched alkanes of at least 4 members (excludes halogenated alkanes) is 12. The lowest BCUT2D eigenvalue weighted by Crippen LogP contribution is -2.43. The van der Waals surface area contributed by atoms with Gasteiger partial charge in [-0.1, -0.05) is 105 Å². The predicted molar refractivity (Wildman–Crippen MR) is 192 cm³/mol. The zero-order chi connectivity index (χ0) is 30.6. The van der Waals surface area contributed by atoms with Gasteiger partial charge in [-0.3, -0.25) is 0 Å². The molecular weight excluding hydrogens is 589 g/mol. The maximum Gasteiger partial charge on any atom is 0.159 e. The number of rotatable bonds is 28. The van der Waals surface area contributed by atoms with E-state index in [1.165, 1.54) is 51.4 Å². The van der Waals surface area contributed by atoms with E-state index in [1.54, 1.807) is 0 Å². The molecule has 0 heterocycles. The molecule has 0 atom stereocenters. The van der Waals surface area contributed by atoms with E-state index in [9.17, 15) is 0 Å². The summed E-state index contributed by atoms with van der Waals surface area (Å²) in [6.07, 6.45) is 21.5. The van der Waals surface area contributed by atoms with Crippen LogP contribution in [0.1, 0.15) is 156 Å². The van der Waals surface area contributed by atoms with Gasteiger partial charge in [0.25, 0.3) is 0 Å². The summed E-state index contributed by atoms with van der Waals surface area (Å²) < 4.78 is 24.7. The second kappa shape index (κ2) is 28.3. The highest BCUT2D eigenvalue weighted by Crippen LogP contribution is 2.24. The summed E-state index contributed by atoms with van der Waals surface area (Å²) >= 11 is 22.4. The summed E-state index contributed by atoms with van der Waals surface area (Å²) in [5.41, 5.74) is -0.637. The van der Waals surface area contributed by atoms with Crippen LogP contribution in [0, 0.1) is 5.41 Å². The Kier molecular flexibility index (Phi) is 28.0. The lowest BCUT2D eigenvalue weighted by Gasteiger charge is -2.33. The summed E-state index contributed by atoms with van der Waals surface area (Å²) in [6.45, 7) is 10.1. The average molecular weight is 649 g/mol. The Balaban J connectivity index is 5.47. The molecular formula is C33H60O4S4. The van der Waals surface area contributed by atoms with Gasteiger partial charge in [0.15, 0.2) is 20.2 Å². The van der Waals surface area contributed by atoms with Crippen molar-refractivity contribution in [3.05, 3.63) is 0 Å². The van der Waals surface area contributed by atoms with Crippen LogP contribution in [0.5, 0.6) is 0 Å². The molecule has 240 valence electrons. The third-order valence-corrected chi connectivity index (χ3v) is 8.38. The summed E-state index contributed by atoms with van der Waals surface area (Å²) in [4.78, 5) is 0. The molecule has 0 unspecified atom stereocenters. The lowest BCUT2D eigenvalue weighted by molar-refractivity contribution is -0.0163. The largest absolute Gasteiger partial charge is 0.486 e. The Morgan fingerprint density at radius 2 is 0.585 bits per heavy atom. The molecule has 0 bridgehead atoms. The van der Waals surface area contributed by atoms with E-state index in [0.29, 0.717) is 46.6 Å². The van der Waals surface area contributed by atoms with Gasteiger partial charge in [0.1, 0.15) is 31.8 Å². The van der Waals surface area contributed by atoms with Gasteiger partial charge >= 0.3 is 0 Å². The van der Waals surface area contributed by atoms with E-state index in [2.05, 4.69) is 27.7 Å². The number of thiocarbonyl (C=S) groups is 4. The first-order valence-electron chi connectivity index (χ1n) is 16.4. The van der Waals surface area contributed by atoms with E-state index >= 15 is 0 Å². The van der Waals surface area contributed by atoms with Crippen LogP contribution in [0.2, 0.25) is 0 Å². The van der Waals surface area contributed by atoms with E-state index in [1.807, 2.05) is 0 Å². The second-order valence-corrected chi connectivity index (χ2v) is 13.2. The minimum atomic E-state index is -0.637. The summed E-state index contributed by atoms with van der Waals surface area (Å²) in [5.74, 6) is 0. The van der Waals surface area contributed by atoms with Crippen molar-refractivity contribution in [3.8, 4) is 0 Å². The predicted octanol–water partition coefficient (Wildman–Crippen LogP) is 11.2. The first-order chi connectivity index (χ1) is 19.8. The van der Waals surface area contributed by atoms with E-state index in [-0.39, 0.29) is 0 Å². The van der Waals surface area contributed by atoms with Crippen LogP contribution in [0.3, 0.4) is 0 Å². The highest BCUT2D eigenvalue weighted by atomic mass is 32.1. The molecule has 0 rings (SSSR count). The Labute approximate surface area is 274 Å². The zero-order valence-corrected chi connectivity index (χ0v) is 30.0. The standard InChI is InChI=1S/C33H60O4S4/c1-5-9-13-17-21-29(38)34-25-33(26-35-30(39)22-18-14-10-6-2,27-36-31(40)23-19-15-11-7-3)28-37-32(41)24-20-16-12-8-4/h5-28H2,1-4H3.